The number of halogens is 3. The summed E-state index contributed by atoms with van der Waals surface area (Å²) in [7, 11) is 0. The molecule has 1 unspecified atom stereocenters. The second kappa shape index (κ2) is 6.17. The Hall–Kier alpha value is -0.330. The minimum absolute atomic E-state index is 0.166. The molecule has 0 bridgehead atoms. The Labute approximate surface area is 74.1 Å². The minimum atomic E-state index is -4.33. The van der Waals surface area contributed by atoms with Crippen LogP contribution < -0.4 is 0 Å². The van der Waals surface area contributed by atoms with Gasteiger partial charge in [-0.2, -0.15) is 13.2 Å². The molecule has 1 atom stereocenters. The molecule has 3 nitrogen and oxygen atoms in total. The van der Waals surface area contributed by atoms with Gasteiger partial charge in [0.2, 0.25) is 0 Å². The molecule has 0 saturated heterocycles. The summed E-state index contributed by atoms with van der Waals surface area (Å²) in [5.41, 5.74) is 0. The molecule has 6 heteroatoms. The molecule has 0 radical (unpaired) electrons. The molecule has 2 N–H and O–H groups in total. The van der Waals surface area contributed by atoms with E-state index in [-0.39, 0.29) is 26.2 Å². The summed E-state index contributed by atoms with van der Waals surface area (Å²) in [6.07, 6.45) is -4.09. The zero-order valence-electron chi connectivity index (χ0n) is 7.05. The smallest absolute Gasteiger partial charge is 0.396 e. The third-order valence-electron chi connectivity index (χ3n) is 1.41. The van der Waals surface area contributed by atoms with Crippen LogP contribution in [0.25, 0.3) is 0 Å². The molecule has 0 amide bonds. The molecule has 0 aromatic heterocycles. The normalized spacial score (nSPS) is 14.5. The maximum atomic E-state index is 11.6. The number of rotatable bonds is 6. The fourth-order valence-electron chi connectivity index (χ4n) is 0.751. The number of hydrogen-bond donors (Lipinski definition) is 2. The predicted octanol–water partition coefficient (Wildman–Crippen LogP) is 0.556. The van der Waals surface area contributed by atoms with E-state index in [0.29, 0.717) is 0 Å². The molecule has 0 fully saturated rings. The predicted molar refractivity (Wildman–Crippen MR) is 39.2 cm³/mol. The summed E-state index contributed by atoms with van der Waals surface area (Å²) in [5, 5.41) is 17.1. The third-order valence-corrected chi connectivity index (χ3v) is 1.41. The van der Waals surface area contributed by atoms with Crippen molar-refractivity contribution < 1.29 is 28.1 Å². The number of aliphatic hydroxyl groups excluding tert-OH is 2. The van der Waals surface area contributed by atoms with Crippen LogP contribution in [0.3, 0.4) is 0 Å². The van der Waals surface area contributed by atoms with E-state index in [9.17, 15) is 13.2 Å². The van der Waals surface area contributed by atoms with Crippen molar-refractivity contribution in [3.63, 3.8) is 0 Å². The highest BCUT2D eigenvalue weighted by molar-refractivity contribution is 4.56. The van der Waals surface area contributed by atoms with Gasteiger partial charge in [-0.3, -0.25) is 0 Å². The molecule has 0 spiro atoms. The van der Waals surface area contributed by atoms with Crippen molar-refractivity contribution in [3.8, 4) is 0 Å². The van der Waals surface area contributed by atoms with Crippen LogP contribution in [-0.4, -0.2) is 42.8 Å². The van der Waals surface area contributed by atoms with E-state index >= 15 is 0 Å². The summed E-state index contributed by atoms with van der Waals surface area (Å²) < 4.78 is 39.0. The second-order valence-corrected chi connectivity index (χ2v) is 2.69. The van der Waals surface area contributed by atoms with Gasteiger partial charge in [-0.15, -0.1) is 0 Å². The lowest BCUT2D eigenvalue weighted by atomic mass is 10.1. The minimum Gasteiger partial charge on any atom is -0.396 e. The van der Waals surface area contributed by atoms with Crippen LogP contribution in [-0.2, 0) is 4.74 Å². The van der Waals surface area contributed by atoms with Crippen molar-refractivity contribution in [2.45, 2.75) is 12.6 Å². The average Bonchev–Trinajstić information content (AvgIpc) is 2.01. The number of aliphatic hydroxyl groups is 2. The van der Waals surface area contributed by atoms with Gasteiger partial charge < -0.3 is 14.9 Å². The maximum Gasteiger partial charge on any atom is 0.411 e. The Morgan fingerprint density at radius 2 is 1.85 bits per heavy atom. The van der Waals surface area contributed by atoms with Crippen LogP contribution in [0.4, 0.5) is 13.2 Å². The molecule has 0 heterocycles. The van der Waals surface area contributed by atoms with Gasteiger partial charge in [-0.1, -0.05) is 0 Å². The van der Waals surface area contributed by atoms with Crippen molar-refractivity contribution in [3.05, 3.63) is 0 Å². The van der Waals surface area contributed by atoms with Gasteiger partial charge in [-0.05, 0) is 6.42 Å². The Bertz CT molecular complexity index is 127. The van der Waals surface area contributed by atoms with E-state index in [0.717, 1.165) is 0 Å². The second-order valence-electron chi connectivity index (χ2n) is 2.69. The molecular formula is C7H13F3O3. The van der Waals surface area contributed by atoms with Crippen LogP contribution >= 0.6 is 0 Å². The van der Waals surface area contributed by atoms with Gasteiger partial charge in [-0.25, -0.2) is 0 Å². The highest BCUT2D eigenvalue weighted by Gasteiger charge is 2.27. The molecular weight excluding hydrogens is 189 g/mol. The highest BCUT2D eigenvalue weighted by atomic mass is 19.4. The van der Waals surface area contributed by atoms with Crippen molar-refractivity contribution in [1.29, 1.82) is 0 Å². The number of hydrogen-bond acceptors (Lipinski definition) is 3. The summed E-state index contributed by atoms with van der Waals surface area (Å²) in [6, 6.07) is 0. The monoisotopic (exact) mass is 202 g/mol. The molecule has 0 rings (SSSR count). The van der Waals surface area contributed by atoms with Crippen LogP contribution in [0.2, 0.25) is 0 Å². The van der Waals surface area contributed by atoms with Crippen molar-refractivity contribution in [1.82, 2.24) is 0 Å². The van der Waals surface area contributed by atoms with E-state index in [4.69, 9.17) is 10.2 Å². The van der Waals surface area contributed by atoms with Gasteiger partial charge in [0.05, 0.1) is 6.61 Å². The van der Waals surface area contributed by atoms with Gasteiger partial charge in [0.15, 0.2) is 0 Å². The summed E-state index contributed by atoms with van der Waals surface area (Å²) in [4.78, 5) is 0. The first-order valence-corrected chi connectivity index (χ1v) is 3.86. The Morgan fingerprint density at radius 1 is 1.23 bits per heavy atom. The summed E-state index contributed by atoms with van der Waals surface area (Å²) in [5.74, 6) is -0.424. The fraction of sp³-hybridized carbons (Fsp3) is 1.00. The van der Waals surface area contributed by atoms with Crippen LogP contribution in [0.1, 0.15) is 6.42 Å². The van der Waals surface area contributed by atoms with E-state index in [2.05, 4.69) is 4.74 Å². The molecule has 0 aliphatic rings. The molecule has 0 aliphatic heterocycles. The zero-order valence-corrected chi connectivity index (χ0v) is 7.05. The fourth-order valence-corrected chi connectivity index (χ4v) is 0.751. The highest BCUT2D eigenvalue weighted by Crippen LogP contribution is 2.15. The van der Waals surface area contributed by atoms with Crippen LogP contribution in [0.15, 0.2) is 0 Å². The number of alkyl halides is 3. The number of ether oxygens (including phenoxy) is 1. The summed E-state index contributed by atoms with van der Waals surface area (Å²) >= 11 is 0. The molecule has 0 aromatic carbocycles. The van der Waals surface area contributed by atoms with Gasteiger partial charge in [0.1, 0.15) is 6.61 Å². The quantitative estimate of drug-likeness (QED) is 0.661. The molecule has 0 aromatic rings. The first kappa shape index (κ1) is 12.7. The van der Waals surface area contributed by atoms with Gasteiger partial charge >= 0.3 is 6.18 Å². The SMILES string of the molecule is OCCC(CO)COCC(F)(F)F. The zero-order chi connectivity index (χ0) is 10.3. The Kier molecular flexibility index (Phi) is 6.02. The van der Waals surface area contributed by atoms with Crippen LogP contribution in [0.5, 0.6) is 0 Å². The lowest BCUT2D eigenvalue weighted by Gasteiger charge is -2.13. The van der Waals surface area contributed by atoms with Crippen LogP contribution in [0, 0.1) is 5.92 Å². The topological polar surface area (TPSA) is 49.7 Å². The lowest BCUT2D eigenvalue weighted by Crippen LogP contribution is -2.22. The molecule has 80 valence electrons. The van der Waals surface area contributed by atoms with Gasteiger partial charge in [0.25, 0.3) is 0 Å². The Morgan fingerprint density at radius 3 is 2.23 bits per heavy atom. The maximum absolute atomic E-state index is 11.6. The largest absolute Gasteiger partial charge is 0.411 e. The molecule has 0 saturated carbocycles. The van der Waals surface area contributed by atoms with Gasteiger partial charge in [0, 0.05) is 19.1 Å². The third kappa shape index (κ3) is 8.01. The first-order valence-electron chi connectivity index (χ1n) is 3.86. The van der Waals surface area contributed by atoms with Crippen molar-refractivity contribution >= 4 is 0 Å². The first-order chi connectivity index (χ1) is 5.99. The Balaban J connectivity index is 3.49. The lowest BCUT2D eigenvalue weighted by molar-refractivity contribution is -0.177. The van der Waals surface area contributed by atoms with E-state index in [1.165, 1.54) is 0 Å². The van der Waals surface area contributed by atoms with Crippen molar-refractivity contribution in [2.24, 2.45) is 5.92 Å². The standard InChI is InChI=1S/C7H13F3O3/c8-7(9,10)5-13-4-6(3-12)1-2-11/h6,11-12H,1-5H2. The molecule has 13 heavy (non-hydrogen) atoms. The molecule has 0 aliphatic carbocycles. The summed E-state index contributed by atoms with van der Waals surface area (Å²) in [6.45, 7) is -1.94. The average molecular weight is 202 g/mol. The van der Waals surface area contributed by atoms with E-state index < -0.39 is 18.7 Å². The van der Waals surface area contributed by atoms with E-state index in [1.807, 2.05) is 0 Å². The van der Waals surface area contributed by atoms with E-state index in [1.54, 1.807) is 0 Å². The van der Waals surface area contributed by atoms with Crippen molar-refractivity contribution in [2.75, 3.05) is 26.4 Å².